The lowest BCUT2D eigenvalue weighted by Gasteiger charge is -2.31. The summed E-state index contributed by atoms with van der Waals surface area (Å²) in [6, 6.07) is 19.4. The van der Waals surface area contributed by atoms with E-state index in [1.807, 2.05) is 74.2 Å². The van der Waals surface area contributed by atoms with Gasteiger partial charge in [-0.1, -0.05) is 56.3 Å². The molecule has 0 saturated carbocycles. The number of fused-ring (bicyclic) bond motifs is 1. The number of carboxylic acids is 1. The molecule has 1 aliphatic rings. The number of amides is 2. The summed E-state index contributed by atoms with van der Waals surface area (Å²) >= 11 is 0. The number of nitrogens with one attached hydrogen (secondary N) is 1. The van der Waals surface area contributed by atoms with Crippen molar-refractivity contribution in [1.82, 2.24) is 5.32 Å². The number of nitrogens with zero attached hydrogens (tertiary/aromatic N) is 1. The second kappa shape index (κ2) is 14.7. The first kappa shape index (κ1) is 31.6. The quantitative estimate of drug-likeness (QED) is 0.225. The van der Waals surface area contributed by atoms with Crippen LogP contribution >= 0.6 is 0 Å². The Hall–Kier alpha value is -4.33. The lowest BCUT2D eigenvalue weighted by Crippen LogP contribution is -2.40. The monoisotopic (exact) mass is 586 g/mol. The number of anilines is 1. The van der Waals surface area contributed by atoms with Gasteiger partial charge in [-0.05, 0) is 90.6 Å². The molecule has 0 spiro atoms. The standard InChI is InChI=1S/C35H42N2O6/c1-23(2)30(21-34(39)40)36-35(41)43-22-26-11-6-12-27(20-26)28-13-7-15-31-29(28)14-8-18-37(31)33(38)17-9-19-42-32-16-5-10-24(3)25(32)4/h5-7,10-13,15-16,20,23,30H,8-9,14,17-19,21-22H2,1-4H3,(H,36,41)(H,39,40)/t30-/m1/s1. The van der Waals surface area contributed by atoms with E-state index in [-0.39, 0.29) is 24.9 Å². The second-order valence-electron chi connectivity index (χ2n) is 11.5. The highest BCUT2D eigenvalue weighted by Crippen LogP contribution is 2.36. The number of hydrogen-bond donors (Lipinski definition) is 2. The Labute approximate surface area is 254 Å². The summed E-state index contributed by atoms with van der Waals surface area (Å²) in [7, 11) is 0. The smallest absolute Gasteiger partial charge is 0.407 e. The zero-order valence-corrected chi connectivity index (χ0v) is 25.5. The maximum Gasteiger partial charge on any atom is 0.407 e. The zero-order valence-electron chi connectivity index (χ0n) is 25.5. The first-order chi connectivity index (χ1) is 20.6. The van der Waals surface area contributed by atoms with Crippen LogP contribution in [0.25, 0.3) is 11.1 Å². The van der Waals surface area contributed by atoms with Crippen LogP contribution < -0.4 is 15.0 Å². The Morgan fingerprint density at radius 3 is 2.56 bits per heavy atom. The third-order valence-electron chi connectivity index (χ3n) is 8.01. The first-order valence-corrected chi connectivity index (χ1v) is 15.0. The minimum atomic E-state index is -0.972. The van der Waals surface area contributed by atoms with Crippen LogP contribution in [0.5, 0.6) is 5.75 Å². The van der Waals surface area contributed by atoms with Crippen LogP contribution in [0.2, 0.25) is 0 Å². The van der Waals surface area contributed by atoms with Crippen molar-refractivity contribution in [1.29, 1.82) is 0 Å². The summed E-state index contributed by atoms with van der Waals surface area (Å²) in [5.41, 5.74) is 7.26. The van der Waals surface area contributed by atoms with Crippen LogP contribution in [0.1, 0.15) is 61.8 Å². The van der Waals surface area contributed by atoms with Crippen LogP contribution in [0, 0.1) is 19.8 Å². The highest BCUT2D eigenvalue weighted by Gasteiger charge is 2.25. The van der Waals surface area contributed by atoms with Gasteiger partial charge in [0.2, 0.25) is 5.91 Å². The molecule has 3 aromatic rings. The fourth-order valence-corrected chi connectivity index (χ4v) is 5.39. The number of carboxylic acid groups (broad SMARTS) is 1. The van der Waals surface area contributed by atoms with Crippen molar-refractivity contribution in [2.24, 2.45) is 5.92 Å². The third kappa shape index (κ3) is 8.37. The molecular formula is C35H42N2O6. The van der Waals surface area contributed by atoms with Gasteiger partial charge in [0.05, 0.1) is 13.0 Å². The molecule has 1 aliphatic heterocycles. The Balaban J connectivity index is 1.39. The first-order valence-electron chi connectivity index (χ1n) is 15.0. The number of hydrogen-bond acceptors (Lipinski definition) is 5. The van der Waals surface area contributed by atoms with Crippen LogP contribution in [-0.4, -0.2) is 42.3 Å². The third-order valence-corrected chi connectivity index (χ3v) is 8.01. The maximum absolute atomic E-state index is 13.3. The van der Waals surface area contributed by atoms with Crippen molar-refractivity contribution in [2.75, 3.05) is 18.1 Å². The molecule has 0 aliphatic carbocycles. The number of carbonyl (C=O) groups excluding carboxylic acids is 2. The van der Waals surface area contributed by atoms with Crippen molar-refractivity contribution in [3.05, 3.63) is 82.9 Å². The summed E-state index contributed by atoms with van der Waals surface area (Å²) in [5, 5.41) is 11.8. The molecule has 2 amide bonds. The molecule has 0 bridgehead atoms. The number of rotatable bonds is 12. The molecule has 43 heavy (non-hydrogen) atoms. The Morgan fingerprint density at radius 1 is 1.02 bits per heavy atom. The summed E-state index contributed by atoms with van der Waals surface area (Å²) in [6.45, 7) is 9.05. The lowest BCUT2D eigenvalue weighted by molar-refractivity contribution is -0.137. The summed E-state index contributed by atoms with van der Waals surface area (Å²) in [5.74, 6) is -0.0516. The van der Waals surface area contributed by atoms with Gasteiger partial charge in [-0.15, -0.1) is 0 Å². The van der Waals surface area contributed by atoms with E-state index in [1.165, 1.54) is 5.56 Å². The Morgan fingerprint density at radius 2 is 1.79 bits per heavy atom. The van der Waals surface area contributed by atoms with Gasteiger partial charge in [0.15, 0.2) is 0 Å². The van der Waals surface area contributed by atoms with Gasteiger partial charge in [-0.3, -0.25) is 9.59 Å². The molecule has 0 aromatic heterocycles. The van der Waals surface area contributed by atoms with Crippen molar-refractivity contribution >= 4 is 23.7 Å². The fourth-order valence-electron chi connectivity index (χ4n) is 5.39. The lowest BCUT2D eigenvalue weighted by atomic mass is 9.91. The van der Waals surface area contributed by atoms with E-state index in [2.05, 4.69) is 24.4 Å². The average Bonchev–Trinajstić information content (AvgIpc) is 2.99. The zero-order chi connectivity index (χ0) is 30.9. The normalized spacial score (nSPS) is 13.3. The van der Waals surface area contributed by atoms with Gasteiger partial charge in [-0.25, -0.2) is 4.79 Å². The summed E-state index contributed by atoms with van der Waals surface area (Å²) in [6.07, 6.45) is 1.99. The van der Waals surface area contributed by atoms with E-state index in [1.54, 1.807) is 0 Å². The molecule has 3 aromatic carbocycles. The van der Waals surface area contributed by atoms with E-state index < -0.39 is 18.1 Å². The topological polar surface area (TPSA) is 105 Å². The number of aryl methyl sites for hydroxylation is 1. The van der Waals surface area contributed by atoms with Gasteiger partial charge in [0, 0.05) is 24.7 Å². The second-order valence-corrected chi connectivity index (χ2v) is 11.5. The molecule has 0 radical (unpaired) electrons. The molecule has 8 heteroatoms. The average molecular weight is 587 g/mol. The number of ether oxygens (including phenoxy) is 2. The molecule has 0 unspecified atom stereocenters. The summed E-state index contributed by atoms with van der Waals surface area (Å²) < 4.78 is 11.4. The number of benzene rings is 3. The van der Waals surface area contributed by atoms with Crippen molar-refractivity contribution in [3.8, 4) is 16.9 Å². The van der Waals surface area contributed by atoms with Crippen LogP contribution in [0.4, 0.5) is 10.5 Å². The SMILES string of the molecule is Cc1cccc(OCCCC(=O)N2CCCc3c(-c4cccc(COC(=O)N[C@H](CC(=O)O)C(C)C)c4)cccc32)c1C. The maximum atomic E-state index is 13.3. The molecule has 228 valence electrons. The Bertz CT molecular complexity index is 1450. The van der Waals surface area contributed by atoms with Crippen molar-refractivity contribution in [3.63, 3.8) is 0 Å². The predicted octanol–water partition coefficient (Wildman–Crippen LogP) is 6.83. The van der Waals surface area contributed by atoms with E-state index in [0.29, 0.717) is 26.0 Å². The summed E-state index contributed by atoms with van der Waals surface area (Å²) in [4.78, 5) is 38.7. The molecular weight excluding hydrogens is 544 g/mol. The van der Waals surface area contributed by atoms with Crippen molar-refractivity contribution < 1.29 is 29.0 Å². The molecule has 0 saturated heterocycles. The molecule has 0 fully saturated rings. The van der Waals surface area contributed by atoms with E-state index in [4.69, 9.17) is 14.6 Å². The molecule has 2 N–H and O–H groups in total. The number of aliphatic carboxylic acids is 1. The van der Waals surface area contributed by atoms with Crippen LogP contribution in [-0.2, 0) is 27.4 Å². The molecule has 4 rings (SSSR count). The number of carbonyl (C=O) groups is 3. The molecule has 1 atom stereocenters. The molecule has 1 heterocycles. The Kier molecular flexibility index (Phi) is 10.8. The fraction of sp³-hybridized carbons (Fsp3) is 0.400. The number of alkyl carbamates (subject to hydrolysis) is 1. The van der Waals surface area contributed by atoms with Gasteiger partial charge in [0.25, 0.3) is 0 Å². The largest absolute Gasteiger partial charge is 0.493 e. The predicted molar refractivity (Wildman–Crippen MR) is 167 cm³/mol. The minimum Gasteiger partial charge on any atom is -0.493 e. The van der Waals surface area contributed by atoms with Crippen LogP contribution in [0.15, 0.2) is 60.7 Å². The van der Waals surface area contributed by atoms with Gasteiger partial charge in [-0.2, -0.15) is 0 Å². The highest BCUT2D eigenvalue weighted by molar-refractivity contribution is 5.96. The van der Waals surface area contributed by atoms with E-state index in [9.17, 15) is 14.4 Å². The van der Waals surface area contributed by atoms with Gasteiger partial charge in [0.1, 0.15) is 12.4 Å². The van der Waals surface area contributed by atoms with Gasteiger partial charge < -0.3 is 24.8 Å². The highest BCUT2D eigenvalue weighted by atomic mass is 16.5. The van der Waals surface area contributed by atoms with Crippen molar-refractivity contribution in [2.45, 2.75) is 72.4 Å². The molecule has 8 nitrogen and oxygen atoms in total. The minimum absolute atomic E-state index is 0.0427. The van der Waals surface area contributed by atoms with E-state index >= 15 is 0 Å². The van der Waals surface area contributed by atoms with Crippen LogP contribution in [0.3, 0.4) is 0 Å². The van der Waals surface area contributed by atoms with E-state index in [0.717, 1.165) is 52.1 Å². The van der Waals surface area contributed by atoms with Gasteiger partial charge >= 0.3 is 12.1 Å².